The Morgan fingerprint density at radius 1 is 1.02 bits per heavy atom. The molecular formula is C32H41N5O7S2. The second kappa shape index (κ2) is 16.6. The fraction of sp³-hybridized carbons (Fsp3) is 0.500. The van der Waals surface area contributed by atoms with Crippen molar-refractivity contribution in [1.29, 1.82) is 0 Å². The highest BCUT2D eigenvalue weighted by atomic mass is 32.2. The Morgan fingerprint density at radius 3 is 2.35 bits per heavy atom. The molecule has 1 aliphatic carbocycles. The van der Waals surface area contributed by atoms with E-state index in [9.17, 15) is 19.2 Å². The van der Waals surface area contributed by atoms with Crippen LogP contribution < -0.4 is 15.4 Å². The molecule has 0 spiro atoms. The summed E-state index contributed by atoms with van der Waals surface area (Å²) in [5.41, 5.74) is 1.40. The van der Waals surface area contributed by atoms with Crippen molar-refractivity contribution in [3.8, 4) is 5.75 Å². The van der Waals surface area contributed by atoms with Crippen LogP contribution in [-0.2, 0) is 32.0 Å². The molecule has 0 saturated heterocycles. The molecule has 1 aromatic carbocycles. The van der Waals surface area contributed by atoms with Gasteiger partial charge in [0.1, 0.15) is 15.6 Å². The second-order valence-electron chi connectivity index (χ2n) is 10.8. The summed E-state index contributed by atoms with van der Waals surface area (Å²) in [5.74, 6) is -0.358. The first kappa shape index (κ1) is 35.0. The largest absolute Gasteiger partial charge is 0.497 e. The third-order valence-electron chi connectivity index (χ3n) is 7.62. The van der Waals surface area contributed by atoms with Crippen molar-refractivity contribution in [3.05, 3.63) is 51.7 Å². The first-order valence-electron chi connectivity index (χ1n) is 15.4. The molecule has 12 nitrogen and oxygen atoms in total. The fourth-order valence-corrected chi connectivity index (χ4v) is 7.28. The Balaban J connectivity index is 1.49. The van der Waals surface area contributed by atoms with Crippen molar-refractivity contribution in [1.82, 2.24) is 20.1 Å². The molecule has 2 amide bonds. The number of thioether (sulfide) groups is 1. The summed E-state index contributed by atoms with van der Waals surface area (Å²) in [6.07, 6.45) is 5.42. The highest BCUT2D eigenvalue weighted by molar-refractivity contribution is 8.00. The summed E-state index contributed by atoms with van der Waals surface area (Å²) in [6.45, 7) is 7.28. The molecule has 2 N–H and O–H groups in total. The molecule has 0 unspecified atom stereocenters. The Hall–Kier alpha value is -3.91. The molecule has 14 heteroatoms. The summed E-state index contributed by atoms with van der Waals surface area (Å²) in [6, 6.07) is 7.50. The van der Waals surface area contributed by atoms with E-state index in [2.05, 4.69) is 25.4 Å². The lowest BCUT2D eigenvalue weighted by Gasteiger charge is -2.26. The number of nitrogens with one attached hydrogen (secondary N) is 2. The van der Waals surface area contributed by atoms with Crippen molar-refractivity contribution in [2.45, 2.75) is 89.2 Å². The molecule has 1 fully saturated rings. The van der Waals surface area contributed by atoms with Gasteiger partial charge in [0, 0.05) is 6.04 Å². The lowest BCUT2D eigenvalue weighted by Crippen LogP contribution is -2.28. The van der Waals surface area contributed by atoms with E-state index in [0.29, 0.717) is 16.5 Å². The van der Waals surface area contributed by atoms with Gasteiger partial charge < -0.3 is 29.4 Å². The molecule has 1 saturated carbocycles. The molecule has 46 heavy (non-hydrogen) atoms. The average Bonchev–Trinajstić information content (AvgIpc) is 3.60. The van der Waals surface area contributed by atoms with Gasteiger partial charge in [-0.05, 0) is 63.8 Å². The van der Waals surface area contributed by atoms with Crippen molar-refractivity contribution < 1.29 is 33.4 Å². The van der Waals surface area contributed by atoms with Crippen molar-refractivity contribution in [2.75, 3.05) is 25.6 Å². The number of thiophene rings is 1. The molecule has 1 atom stereocenters. The van der Waals surface area contributed by atoms with Crippen molar-refractivity contribution in [2.24, 2.45) is 0 Å². The number of methoxy groups -OCH3 is 1. The maximum absolute atomic E-state index is 13.5. The van der Waals surface area contributed by atoms with E-state index >= 15 is 0 Å². The maximum atomic E-state index is 13.5. The number of esters is 2. The van der Waals surface area contributed by atoms with Gasteiger partial charge in [0.15, 0.2) is 11.0 Å². The van der Waals surface area contributed by atoms with Crippen LogP contribution in [0, 0.1) is 6.92 Å². The molecule has 2 heterocycles. The van der Waals surface area contributed by atoms with Gasteiger partial charge in [-0.15, -0.1) is 21.5 Å². The first-order chi connectivity index (χ1) is 22.2. The third kappa shape index (κ3) is 8.66. The molecule has 2 aromatic heterocycles. The van der Waals surface area contributed by atoms with Crippen molar-refractivity contribution in [3.63, 3.8) is 0 Å². The zero-order valence-electron chi connectivity index (χ0n) is 26.8. The number of amides is 2. The van der Waals surface area contributed by atoms with E-state index in [0.717, 1.165) is 54.8 Å². The second-order valence-corrected chi connectivity index (χ2v) is 13.1. The number of rotatable bonds is 14. The van der Waals surface area contributed by atoms with Crippen LogP contribution in [0.15, 0.2) is 29.4 Å². The first-order valence-corrected chi connectivity index (χ1v) is 17.1. The Kier molecular flexibility index (Phi) is 12.6. The van der Waals surface area contributed by atoms with Crippen LogP contribution in [0.2, 0.25) is 0 Å². The van der Waals surface area contributed by atoms with Crippen molar-refractivity contribution >= 4 is 51.9 Å². The molecule has 0 radical (unpaired) electrons. The lowest BCUT2D eigenvalue weighted by atomic mass is 9.95. The van der Waals surface area contributed by atoms with E-state index in [1.54, 1.807) is 34.8 Å². The molecule has 0 bridgehead atoms. The van der Waals surface area contributed by atoms with Crippen LogP contribution in [0.1, 0.15) is 95.9 Å². The number of anilines is 1. The van der Waals surface area contributed by atoms with E-state index in [-0.39, 0.29) is 59.5 Å². The number of hydrogen-bond donors (Lipinski definition) is 2. The topological polar surface area (TPSA) is 151 Å². The monoisotopic (exact) mass is 671 g/mol. The summed E-state index contributed by atoms with van der Waals surface area (Å²) in [5, 5.41) is 14.8. The number of ether oxygens (including phenoxy) is 3. The van der Waals surface area contributed by atoms with Crippen LogP contribution >= 0.6 is 23.1 Å². The van der Waals surface area contributed by atoms with Gasteiger partial charge in [0.25, 0.3) is 0 Å². The van der Waals surface area contributed by atoms with Gasteiger partial charge >= 0.3 is 11.9 Å². The van der Waals surface area contributed by atoms with Gasteiger partial charge in [0.05, 0.1) is 44.1 Å². The third-order valence-corrected chi connectivity index (χ3v) is 9.86. The standard InChI is InChI=1S/C32H41N5O7S2/c1-6-43-30(40)26-19(3)27(31(41)44-7-2)46-29(26)34-28(39)20(4)45-32-36-35-24(37(32)22-11-9-8-10-12-22)18-33-25(38)17-21-13-15-23(42-5)16-14-21/h13-16,20,22H,6-12,17-18H2,1-5H3,(H,33,38)(H,34,39)/t20-/m1/s1. The zero-order valence-corrected chi connectivity index (χ0v) is 28.5. The SMILES string of the molecule is CCOC(=O)c1sc(NC(=O)[C@@H](C)Sc2nnc(CNC(=O)Cc3ccc(OC)cc3)n2C2CCCCC2)c(C(=O)OCC)c1C. The predicted octanol–water partition coefficient (Wildman–Crippen LogP) is 5.49. The quantitative estimate of drug-likeness (QED) is 0.166. The van der Waals surface area contributed by atoms with Gasteiger partial charge in [-0.1, -0.05) is 43.2 Å². The smallest absolute Gasteiger partial charge is 0.348 e. The highest BCUT2D eigenvalue weighted by Gasteiger charge is 2.30. The number of carbonyl (C=O) groups excluding carboxylic acids is 4. The van der Waals surface area contributed by atoms with Gasteiger partial charge in [-0.2, -0.15) is 0 Å². The molecule has 1 aliphatic rings. The van der Waals surface area contributed by atoms with Gasteiger partial charge in [0.2, 0.25) is 11.8 Å². The highest BCUT2D eigenvalue weighted by Crippen LogP contribution is 2.37. The lowest BCUT2D eigenvalue weighted by molar-refractivity contribution is -0.120. The number of nitrogens with zero attached hydrogens (tertiary/aromatic N) is 3. The predicted molar refractivity (Wildman–Crippen MR) is 176 cm³/mol. The van der Waals surface area contributed by atoms with Crippen LogP contribution in [-0.4, -0.2) is 64.1 Å². The minimum absolute atomic E-state index is 0.137. The summed E-state index contributed by atoms with van der Waals surface area (Å²) in [4.78, 5) is 51.8. The maximum Gasteiger partial charge on any atom is 0.348 e. The summed E-state index contributed by atoms with van der Waals surface area (Å²) >= 11 is 2.24. The number of hydrogen-bond acceptors (Lipinski definition) is 11. The van der Waals surface area contributed by atoms with E-state index in [1.807, 2.05) is 24.3 Å². The van der Waals surface area contributed by atoms with Crippen LogP contribution in [0.3, 0.4) is 0 Å². The van der Waals surface area contributed by atoms with Gasteiger partial charge in [-0.3, -0.25) is 9.59 Å². The minimum atomic E-state index is -0.632. The van der Waals surface area contributed by atoms with E-state index in [4.69, 9.17) is 14.2 Å². The van der Waals surface area contributed by atoms with Crippen LogP contribution in [0.4, 0.5) is 5.00 Å². The fourth-order valence-electron chi connectivity index (χ4n) is 5.25. The van der Waals surface area contributed by atoms with Gasteiger partial charge in [-0.25, -0.2) is 9.59 Å². The molecule has 0 aliphatic heterocycles. The Bertz CT molecular complexity index is 1530. The van der Waals surface area contributed by atoms with E-state index < -0.39 is 17.2 Å². The minimum Gasteiger partial charge on any atom is -0.497 e. The summed E-state index contributed by atoms with van der Waals surface area (Å²) < 4.78 is 17.6. The number of carbonyl (C=O) groups is 4. The zero-order chi connectivity index (χ0) is 33.2. The van der Waals surface area contributed by atoms with Crippen LogP contribution in [0.25, 0.3) is 0 Å². The molecule has 4 rings (SSSR count). The summed E-state index contributed by atoms with van der Waals surface area (Å²) in [7, 11) is 1.60. The normalized spacial score (nSPS) is 13.9. The number of benzene rings is 1. The Morgan fingerprint density at radius 2 is 1.70 bits per heavy atom. The molecular weight excluding hydrogens is 631 g/mol. The Labute approximate surface area is 277 Å². The molecule has 3 aromatic rings. The molecule has 248 valence electrons. The average molecular weight is 672 g/mol. The van der Waals surface area contributed by atoms with E-state index in [1.165, 1.54) is 11.8 Å². The number of aromatic nitrogens is 3. The van der Waals surface area contributed by atoms with Crippen LogP contribution in [0.5, 0.6) is 5.75 Å².